The normalized spacial score (nSPS) is 20.6. The number of carbonyl (C=O) groups excluding carboxylic acids is 3. The second-order valence-electron chi connectivity index (χ2n) is 7.81. The first-order valence-corrected chi connectivity index (χ1v) is 10.4. The SMILES string of the molecule is O=C(c1cccc(N2CCCC2=O)c1)N1CCN(C(=O)N2CCCCC2)CC1. The lowest BCUT2D eigenvalue weighted by molar-refractivity contribution is -0.117. The lowest BCUT2D eigenvalue weighted by Gasteiger charge is -2.38. The van der Waals surface area contributed by atoms with Gasteiger partial charge in [-0.25, -0.2) is 4.79 Å². The van der Waals surface area contributed by atoms with Crippen LogP contribution in [0, 0.1) is 0 Å². The highest BCUT2D eigenvalue weighted by molar-refractivity contribution is 5.99. The molecule has 150 valence electrons. The Labute approximate surface area is 165 Å². The van der Waals surface area contributed by atoms with Crippen LogP contribution < -0.4 is 4.90 Å². The molecule has 3 heterocycles. The highest BCUT2D eigenvalue weighted by atomic mass is 16.2. The Hall–Kier alpha value is -2.57. The van der Waals surface area contributed by atoms with Crippen molar-refractivity contribution in [3.8, 4) is 0 Å². The average molecular weight is 384 g/mol. The number of piperidine rings is 1. The van der Waals surface area contributed by atoms with Crippen LogP contribution in [0.4, 0.5) is 10.5 Å². The molecular weight excluding hydrogens is 356 g/mol. The zero-order valence-electron chi connectivity index (χ0n) is 16.3. The van der Waals surface area contributed by atoms with Gasteiger partial charge in [0.25, 0.3) is 5.91 Å². The highest BCUT2D eigenvalue weighted by Gasteiger charge is 2.29. The van der Waals surface area contributed by atoms with Gasteiger partial charge in [-0.05, 0) is 43.9 Å². The van der Waals surface area contributed by atoms with E-state index < -0.39 is 0 Å². The van der Waals surface area contributed by atoms with Crippen LogP contribution in [0.15, 0.2) is 24.3 Å². The molecule has 3 aliphatic rings. The molecule has 0 aliphatic carbocycles. The Bertz CT molecular complexity index is 752. The van der Waals surface area contributed by atoms with Crippen molar-refractivity contribution in [3.05, 3.63) is 29.8 Å². The largest absolute Gasteiger partial charge is 0.335 e. The van der Waals surface area contributed by atoms with Crippen molar-refractivity contribution in [2.45, 2.75) is 32.1 Å². The van der Waals surface area contributed by atoms with E-state index in [1.165, 1.54) is 6.42 Å². The first-order valence-electron chi connectivity index (χ1n) is 10.4. The van der Waals surface area contributed by atoms with Gasteiger partial charge in [-0.3, -0.25) is 9.59 Å². The zero-order chi connectivity index (χ0) is 19.5. The molecule has 0 N–H and O–H groups in total. The Morgan fingerprint density at radius 2 is 1.43 bits per heavy atom. The number of piperazine rings is 1. The molecule has 7 heteroatoms. The summed E-state index contributed by atoms with van der Waals surface area (Å²) < 4.78 is 0. The molecule has 7 nitrogen and oxygen atoms in total. The predicted octanol–water partition coefficient (Wildman–Crippen LogP) is 2.18. The van der Waals surface area contributed by atoms with E-state index in [1.807, 2.05) is 32.9 Å². The van der Waals surface area contributed by atoms with Gasteiger partial charge >= 0.3 is 6.03 Å². The summed E-state index contributed by atoms with van der Waals surface area (Å²) in [5.41, 5.74) is 1.40. The topological polar surface area (TPSA) is 64.2 Å². The van der Waals surface area contributed by atoms with E-state index in [9.17, 15) is 14.4 Å². The van der Waals surface area contributed by atoms with Crippen LogP contribution in [-0.4, -0.2) is 78.4 Å². The summed E-state index contributed by atoms with van der Waals surface area (Å²) in [4.78, 5) is 44.9. The third kappa shape index (κ3) is 3.84. The summed E-state index contributed by atoms with van der Waals surface area (Å²) in [6, 6.07) is 7.45. The molecular formula is C21H28N4O3. The number of amides is 4. The van der Waals surface area contributed by atoms with Gasteiger partial charge in [-0.15, -0.1) is 0 Å². The van der Waals surface area contributed by atoms with Crippen LogP contribution in [0.25, 0.3) is 0 Å². The molecule has 0 unspecified atom stereocenters. The summed E-state index contributed by atoms with van der Waals surface area (Å²) in [7, 11) is 0. The Morgan fingerprint density at radius 1 is 0.750 bits per heavy atom. The van der Waals surface area contributed by atoms with E-state index in [0.717, 1.165) is 38.0 Å². The molecule has 0 radical (unpaired) electrons. The molecule has 3 aliphatic heterocycles. The third-order valence-corrected chi connectivity index (χ3v) is 5.94. The smallest absolute Gasteiger partial charge is 0.320 e. The molecule has 4 rings (SSSR count). The van der Waals surface area contributed by atoms with Crippen molar-refractivity contribution in [3.63, 3.8) is 0 Å². The van der Waals surface area contributed by atoms with Crippen LogP contribution in [0.1, 0.15) is 42.5 Å². The van der Waals surface area contributed by atoms with Crippen LogP contribution in [0.3, 0.4) is 0 Å². The van der Waals surface area contributed by atoms with Gasteiger partial charge < -0.3 is 19.6 Å². The van der Waals surface area contributed by atoms with Crippen molar-refractivity contribution in [2.24, 2.45) is 0 Å². The first kappa shape index (κ1) is 18.8. The molecule has 0 saturated carbocycles. The molecule has 0 atom stereocenters. The molecule has 1 aromatic rings. The van der Waals surface area contributed by atoms with Crippen molar-refractivity contribution in [1.29, 1.82) is 0 Å². The molecule has 0 bridgehead atoms. The van der Waals surface area contributed by atoms with E-state index in [0.29, 0.717) is 44.7 Å². The number of hydrogen-bond donors (Lipinski definition) is 0. The average Bonchev–Trinajstić information content (AvgIpc) is 3.19. The van der Waals surface area contributed by atoms with Gasteiger partial charge in [0.05, 0.1) is 0 Å². The maximum Gasteiger partial charge on any atom is 0.320 e. The van der Waals surface area contributed by atoms with Crippen LogP contribution in [0.5, 0.6) is 0 Å². The summed E-state index contributed by atoms with van der Waals surface area (Å²) in [6.45, 7) is 4.65. The van der Waals surface area contributed by atoms with Gasteiger partial charge in [-0.1, -0.05) is 6.07 Å². The van der Waals surface area contributed by atoms with Gasteiger partial charge in [0.15, 0.2) is 0 Å². The molecule has 3 saturated heterocycles. The van der Waals surface area contributed by atoms with Crippen molar-refractivity contribution in [2.75, 3.05) is 50.7 Å². The lowest BCUT2D eigenvalue weighted by atomic mass is 10.1. The van der Waals surface area contributed by atoms with Gasteiger partial charge in [0.1, 0.15) is 0 Å². The molecule has 3 fully saturated rings. The molecule has 0 spiro atoms. The minimum Gasteiger partial charge on any atom is -0.335 e. The summed E-state index contributed by atoms with van der Waals surface area (Å²) in [5.74, 6) is 0.0907. The molecule has 4 amide bonds. The first-order chi connectivity index (χ1) is 13.6. The Kier molecular flexibility index (Phi) is 5.50. The standard InChI is InChI=1S/C21H28N4O3/c26-19-8-5-11-25(19)18-7-4-6-17(16-18)20(27)22-12-14-24(15-13-22)21(28)23-9-2-1-3-10-23/h4,6-7,16H,1-3,5,8-15H2. The quantitative estimate of drug-likeness (QED) is 0.785. The summed E-state index contributed by atoms with van der Waals surface area (Å²) in [5, 5.41) is 0. The number of benzene rings is 1. The Balaban J connectivity index is 1.36. The number of rotatable bonds is 2. The highest BCUT2D eigenvalue weighted by Crippen LogP contribution is 2.23. The fourth-order valence-corrected chi connectivity index (χ4v) is 4.30. The Morgan fingerprint density at radius 3 is 2.11 bits per heavy atom. The van der Waals surface area contributed by atoms with Crippen molar-refractivity contribution in [1.82, 2.24) is 14.7 Å². The van der Waals surface area contributed by atoms with Crippen molar-refractivity contribution < 1.29 is 14.4 Å². The number of likely N-dealkylation sites (tertiary alicyclic amines) is 1. The van der Waals surface area contributed by atoms with Gasteiger partial charge in [0.2, 0.25) is 5.91 Å². The zero-order valence-corrected chi connectivity index (χ0v) is 16.3. The van der Waals surface area contributed by atoms with Gasteiger partial charge in [0, 0.05) is 63.5 Å². The monoisotopic (exact) mass is 384 g/mol. The van der Waals surface area contributed by atoms with Crippen LogP contribution in [0.2, 0.25) is 0 Å². The van der Waals surface area contributed by atoms with Gasteiger partial charge in [-0.2, -0.15) is 0 Å². The molecule has 0 aromatic heterocycles. The second kappa shape index (κ2) is 8.20. The van der Waals surface area contributed by atoms with Crippen LogP contribution in [-0.2, 0) is 4.79 Å². The maximum atomic E-state index is 12.9. The predicted molar refractivity (Wildman–Crippen MR) is 106 cm³/mol. The fourth-order valence-electron chi connectivity index (χ4n) is 4.30. The van der Waals surface area contributed by atoms with E-state index in [-0.39, 0.29) is 17.8 Å². The van der Waals surface area contributed by atoms with Crippen LogP contribution >= 0.6 is 0 Å². The molecule has 28 heavy (non-hydrogen) atoms. The lowest BCUT2D eigenvalue weighted by Crippen LogP contribution is -2.54. The van der Waals surface area contributed by atoms with E-state index in [2.05, 4.69) is 0 Å². The number of carbonyl (C=O) groups is 3. The second-order valence-corrected chi connectivity index (χ2v) is 7.81. The maximum absolute atomic E-state index is 12.9. The van der Waals surface area contributed by atoms with Crippen molar-refractivity contribution >= 4 is 23.5 Å². The minimum atomic E-state index is -0.0291. The van der Waals surface area contributed by atoms with E-state index in [4.69, 9.17) is 0 Å². The fraction of sp³-hybridized carbons (Fsp3) is 0.571. The summed E-state index contributed by atoms with van der Waals surface area (Å²) >= 11 is 0. The number of nitrogens with zero attached hydrogens (tertiary/aromatic N) is 4. The number of hydrogen-bond acceptors (Lipinski definition) is 3. The number of anilines is 1. The molecule has 1 aromatic carbocycles. The van der Waals surface area contributed by atoms with E-state index in [1.54, 1.807) is 11.0 Å². The number of urea groups is 1. The minimum absolute atomic E-state index is 0.0291. The summed E-state index contributed by atoms with van der Waals surface area (Å²) in [6.07, 6.45) is 4.81. The third-order valence-electron chi connectivity index (χ3n) is 5.94. The van der Waals surface area contributed by atoms with E-state index >= 15 is 0 Å².